The lowest BCUT2D eigenvalue weighted by atomic mass is 10.1. The zero-order chi connectivity index (χ0) is 26.1. The summed E-state index contributed by atoms with van der Waals surface area (Å²) >= 11 is 1.48. The molecule has 2 aromatic heterocycles. The van der Waals surface area contributed by atoms with Crippen LogP contribution in [0.15, 0.2) is 53.6 Å². The molecule has 1 aliphatic rings. The van der Waals surface area contributed by atoms with Crippen LogP contribution in [0.2, 0.25) is 0 Å². The summed E-state index contributed by atoms with van der Waals surface area (Å²) < 4.78 is 58.0. The molecule has 2 heterocycles. The summed E-state index contributed by atoms with van der Waals surface area (Å²) in [5.41, 5.74) is 1.62. The van der Waals surface area contributed by atoms with E-state index in [-0.39, 0.29) is 11.6 Å². The van der Waals surface area contributed by atoms with E-state index in [9.17, 15) is 17.4 Å². The number of rotatable bonds is 9. The molecule has 2 N–H and O–H groups in total. The van der Waals surface area contributed by atoms with Crippen molar-refractivity contribution in [3.05, 3.63) is 71.1 Å². The van der Waals surface area contributed by atoms with Crippen molar-refractivity contribution in [2.45, 2.75) is 37.5 Å². The molecule has 1 unspecified atom stereocenters. The van der Waals surface area contributed by atoms with Gasteiger partial charge in [0.25, 0.3) is 0 Å². The van der Waals surface area contributed by atoms with Crippen LogP contribution >= 0.6 is 11.3 Å². The molecule has 0 radical (unpaired) electrons. The third kappa shape index (κ3) is 5.67. The summed E-state index contributed by atoms with van der Waals surface area (Å²) in [6.45, 7) is 4.88. The maximum Gasteiger partial charge on any atom is 0.223 e. The second-order valence-electron chi connectivity index (χ2n) is 9.09. The zero-order valence-electron chi connectivity index (χ0n) is 20.1. The van der Waals surface area contributed by atoms with E-state index < -0.39 is 33.3 Å². The van der Waals surface area contributed by atoms with E-state index in [1.165, 1.54) is 42.4 Å². The van der Waals surface area contributed by atoms with Crippen LogP contribution in [0.25, 0.3) is 21.8 Å². The molecule has 0 aliphatic heterocycles. The monoisotopic (exact) mass is 543 g/mol. The molecule has 192 valence electrons. The van der Waals surface area contributed by atoms with Gasteiger partial charge in [-0.1, -0.05) is 19.9 Å². The number of hydrogen-bond acceptors (Lipinski definition) is 6. The van der Waals surface area contributed by atoms with Gasteiger partial charge < -0.3 is 5.32 Å². The van der Waals surface area contributed by atoms with Crippen LogP contribution in [0, 0.1) is 23.4 Å². The van der Waals surface area contributed by atoms with Crippen molar-refractivity contribution in [1.29, 1.82) is 0 Å². The Bertz CT molecular complexity index is 1450. The largest absolute Gasteiger partial charge is 0.354 e. The second-order valence-corrected chi connectivity index (χ2v) is 11.3. The summed E-state index contributed by atoms with van der Waals surface area (Å²) in [6, 6.07) is 9.15. The number of aromatic nitrogens is 3. The maximum absolute atomic E-state index is 14.7. The van der Waals surface area contributed by atoms with Crippen LogP contribution < -0.4 is 10.0 Å². The molecule has 1 saturated carbocycles. The first kappa shape index (κ1) is 25.3. The zero-order valence-corrected chi connectivity index (χ0v) is 21.7. The van der Waals surface area contributed by atoms with Gasteiger partial charge in [-0.2, -0.15) is 0 Å². The quantitative estimate of drug-likeness (QED) is 0.244. The fourth-order valence-electron chi connectivity index (χ4n) is 3.64. The lowest BCUT2D eigenvalue weighted by molar-refractivity contribution is 0.535. The van der Waals surface area contributed by atoms with Gasteiger partial charge in [0.05, 0.1) is 27.0 Å². The van der Waals surface area contributed by atoms with E-state index in [0.717, 1.165) is 28.6 Å². The fraction of sp³-hybridized carbons (Fsp3) is 0.269. The van der Waals surface area contributed by atoms with E-state index in [4.69, 9.17) is 4.98 Å². The van der Waals surface area contributed by atoms with Gasteiger partial charge in [-0.25, -0.2) is 32.3 Å². The van der Waals surface area contributed by atoms with Crippen molar-refractivity contribution in [2.24, 2.45) is 5.92 Å². The lowest BCUT2D eigenvalue weighted by Gasteiger charge is -2.11. The van der Waals surface area contributed by atoms with Crippen molar-refractivity contribution in [3.63, 3.8) is 0 Å². The van der Waals surface area contributed by atoms with E-state index in [1.54, 1.807) is 18.3 Å². The number of thiazole rings is 1. The highest BCUT2D eigenvalue weighted by molar-refractivity contribution is 7.86. The van der Waals surface area contributed by atoms with Crippen LogP contribution in [0.4, 0.5) is 24.8 Å². The fourth-order valence-corrected chi connectivity index (χ4v) is 5.65. The highest BCUT2D eigenvalue weighted by Gasteiger charge is 2.23. The molecular weight excluding hydrogens is 519 g/mol. The molecule has 2 aromatic carbocycles. The van der Waals surface area contributed by atoms with E-state index in [1.807, 2.05) is 13.8 Å². The Labute approximate surface area is 219 Å². The molecule has 4 aromatic rings. The topological polar surface area (TPSA) is 79.8 Å². The summed E-state index contributed by atoms with van der Waals surface area (Å²) in [5, 5.41) is 4.14. The summed E-state index contributed by atoms with van der Waals surface area (Å²) in [7, 11) is -2.37. The maximum atomic E-state index is 14.7. The van der Waals surface area contributed by atoms with Crippen LogP contribution in [-0.4, -0.2) is 25.7 Å². The van der Waals surface area contributed by atoms with Gasteiger partial charge in [-0.05, 0) is 55.2 Å². The molecule has 1 atom stereocenters. The molecule has 0 spiro atoms. The predicted octanol–water partition coefficient (Wildman–Crippen LogP) is 6.76. The minimum absolute atomic E-state index is 0.140. The van der Waals surface area contributed by atoms with Gasteiger partial charge in [0, 0.05) is 24.2 Å². The third-order valence-corrected chi connectivity index (χ3v) is 8.36. The number of hydrogen-bond donors (Lipinski definition) is 2. The highest BCUT2D eigenvalue weighted by atomic mass is 32.2. The Morgan fingerprint density at radius 2 is 1.81 bits per heavy atom. The molecule has 0 amide bonds. The molecule has 37 heavy (non-hydrogen) atoms. The SMILES string of the molecule is CC(C)c1nc(-c2ccc(F)c(NS(=O)c3c(F)cccc3F)c2)c(-c2ccnc(NCC3CC3)n2)s1. The van der Waals surface area contributed by atoms with Gasteiger partial charge in [0.2, 0.25) is 5.95 Å². The summed E-state index contributed by atoms with van der Waals surface area (Å²) in [4.78, 5) is 13.9. The minimum Gasteiger partial charge on any atom is -0.354 e. The van der Waals surface area contributed by atoms with Crippen LogP contribution in [0.5, 0.6) is 0 Å². The van der Waals surface area contributed by atoms with Gasteiger partial charge in [0.1, 0.15) is 22.3 Å². The smallest absolute Gasteiger partial charge is 0.223 e. The predicted molar refractivity (Wildman–Crippen MR) is 140 cm³/mol. The van der Waals surface area contributed by atoms with Crippen LogP contribution in [0.1, 0.15) is 37.6 Å². The molecule has 0 saturated heterocycles. The van der Waals surface area contributed by atoms with Crippen molar-refractivity contribution in [1.82, 2.24) is 15.0 Å². The highest BCUT2D eigenvalue weighted by Crippen LogP contribution is 2.40. The average Bonchev–Trinajstić information content (AvgIpc) is 3.59. The van der Waals surface area contributed by atoms with Crippen LogP contribution in [-0.2, 0) is 11.0 Å². The van der Waals surface area contributed by atoms with Gasteiger partial charge in [-0.15, -0.1) is 11.3 Å². The summed E-state index contributed by atoms with van der Waals surface area (Å²) in [6.07, 6.45) is 4.09. The standard InChI is InChI=1S/C26H24F3N5OS2/c1-14(2)25-33-22(23(36-25)20-10-11-30-26(32-20)31-13-15-6-7-15)16-8-9-17(27)21(12-16)34-37(35)24-18(28)4-3-5-19(24)29/h3-5,8-12,14-15,34H,6-7,13H2,1-2H3,(H,30,31,32). The third-order valence-electron chi connectivity index (χ3n) is 5.82. The summed E-state index contributed by atoms with van der Waals surface area (Å²) in [5.74, 6) is -1.36. The van der Waals surface area contributed by atoms with Crippen molar-refractivity contribution in [3.8, 4) is 21.8 Å². The molecular formula is C26H24F3N5OS2. The molecule has 0 bridgehead atoms. The number of halogens is 3. The molecule has 5 rings (SSSR count). The molecule has 6 nitrogen and oxygen atoms in total. The molecule has 11 heteroatoms. The minimum atomic E-state index is -2.37. The van der Waals surface area contributed by atoms with Gasteiger partial charge >= 0.3 is 0 Å². The Morgan fingerprint density at radius 1 is 1.05 bits per heavy atom. The molecule has 1 fully saturated rings. The van der Waals surface area contributed by atoms with Crippen molar-refractivity contribution in [2.75, 3.05) is 16.6 Å². The number of nitrogens with one attached hydrogen (secondary N) is 2. The number of anilines is 2. The van der Waals surface area contributed by atoms with E-state index in [0.29, 0.717) is 28.8 Å². The Hall–Kier alpha value is -3.31. The lowest BCUT2D eigenvalue weighted by Crippen LogP contribution is -2.10. The molecule has 1 aliphatic carbocycles. The Morgan fingerprint density at radius 3 is 2.51 bits per heavy atom. The first-order valence-electron chi connectivity index (χ1n) is 11.8. The normalized spacial score (nSPS) is 14.1. The average molecular weight is 544 g/mol. The Balaban J connectivity index is 1.50. The second kappa shape index (κ2) is 10.6. The van der Waals surface area contributed by atoms with Crippen molar-refractivity contribution < 1.29 is 17.4 Å². The van der Waals surface area contributed by atoms with E-state index in [2.05, 4.69) is 20.0 Å². The first-order chi connectivity index (χ1) is 17.8. The van der Waals surface area contributed by atoms with E-state index >= 15 is 0 Å². The van der Waals surface area contributed by atoms with Crippen molar-refractivity contribution >= 4 is 34.0 Å². The Kier molecular flexibility index (Phi) is 7.25. The van der Waals surface area contributed by atoms with Gasteiger partial charge in [-0.3, -0.25) is 4.72 Å². The van der Waals surface area contributed by atoms with Gasteiger partial charge in [0.15, 0.2) is 11.0 Å². The number of benzene rings is 2. The van der Waals surface area contributed by atoms with Crippen LogP contribution in [0.3, 0.4) is 0 Å². The number of nitrogens with zero attached hydrogens (tertiary/aromatic N) is 3. The first-order valence-corrected chi connectivity index (χ1v) is 13.8.